The maximum absolute atomic E-state index is 14.9. The molecule has 6 rings (SSSR count). The van der Waals surface area contributed by atoms with Gasteiger partial charge in [0.05, 0.1) is 30.4 Å². The van der Waals surface area contributed by atoms with Crippen molar-refractivity contribution < 1.29 is 18.8 Å². The van der Waals surface area contributed by atoms with Gasteiger partial charge in [-0.15, -0.1) is 0 Å². The molecule has 0 radical (unpaired) electrons. The summed E-state index contributed by atoms with van der Waals surface area (Å²) in [4.78, 5) is 11.0. The molecule has 5 aromatic carbocycles. The third kappa shape index (κ3) is 4.05. The fraction of sp³-hybridized carbons (Fsp3) is 0.0625. The average molecular weight is 519 g/mol. The van der Waals surface area contributed by atoms with Gasteiger partial charge in [-0.25, -0.2) is 4.39 Å². The zero-order chi connectivity index (χ0) is 27.1. The molecule has 1 aromatic heterocycles. The molecular weight excluding hydrogens is 495 g/mol. The topological polar surface area (TPSA) is 66.5 Å². The standard InChI is InChI=1S/C32H23FN2O4/c1-38-23-13-11-21(12-14-23)34-30-18-15-24(39-2)19-28(30)31(20-7-9-22(10-8-20)35(36)37)32(34)27-16-17-29(33)26-6-4-3-5-25(26)27/h3-19H,1-2H3. The second-order valence-corrected chi connectivity index (χ2v) is 9.08. The highest BCUT2D eigenvalue weighted by Crippen LogP contribution is 2.46. The molecule has 0 atom stereocenters. The van der Waals surface area contributed by atoms with Crippen molar-refractivity contribution >= 4 is 27.4 Å². The molecule has 0 aliphatic heterocycles. The summed E-state index contributed by atoms with van der Waals surface area (Å²) >= 11 is 0. The Morgan fingerprint density at radius 2 is 1.41 bits per heavy atom. The molecule has 7 heteroatoms. The summed E-state index contributed by atoms with van der Waals surface area (Å²) in [6.45, 7) is 0. The molecule has 0 fully saturated rings. The van der Waals surface area contributed by atoms with Crippen molar-refractivity contribution in [2.75, 3.05) is 14.2 Å². The first-order valence-electron chi connectivity index (χ1n) is 12.3. The largest absolute Gasteiger partial charge is 0.497 e. The van der Waals surface area contributed by atoms with Crippen molar-refractivity contribution in [3.05, 3.63) is 119 Å². The van der Waals surface area contributed by atoms with Crippen LogP contribution in [-0.2, 0) is 0 Å². The fourth-order valence-corrected chi connectivity index (χ4v) is 5.16. The van der Waals surface area contributed by atoms with Gasteiger partial charge < -0.3 is 14.0 Å². The molecule has 39 heavy (non-hydrogen) atoms. The Kier molecular flexibility index (Phi) is 5.96. The number of non-ortho nitro benzene ring substituents is 1. The van der Waals surface area contributed by atoms with Gasteiger partial charge in [0.25, 0.3) is 5.69 Å². The SMILES string of the molecule is COc1ccc(-n2c(-c3ccc(F)c4ccccc34)c(-c3ccc([N+](=O)[O-])cc3)c3cc(OC)ccc32)cc1. The quantitative estimate of drug-likeness (QED) is 0.165. The number of aromatic nitrogens is 1. The molecule has 0 saturated carbocycles. The summed E-state index contributed by atoms with van der Waals surface area (Å²) in [5, 5.41) is 13.5. The van der Waals surface area contributed by atoms with Crippen molar-refractivity contribution in [2.24, 2.45) is 0 Å². The predicted octanol–water partition coefficient (Wildman–Crippen LogP) is 8.18. The zero-order valence-corrected chi connectivity index (χ0v) is 21.2. The van der Waals surface area contributed by atoms with Crippen LogP contribution in [0.5, 0.6) is 11.5 Å². The molecule has 0 unspecified atom stereocenters. The first-order valence-corrected chi connectivity index (χ1v) is 12.3. The minimum absolute atomic E-state index is 0.00371. The number of nitro benzene ring substituents is 1. The van der Waals surface area contributed by atoms with Crippen LogP contribution in [0.1, 0.15) is 0 Å². The van der Waals surface area contributed by atoms with Crippen LogP contribution in [0, 0.1) is 15.9 Å². The Balaban J connectivity index is 1.79. The normalized spacial score (nSPS) is 11.2. The number of methoxy groups -OCH3 is 2. The highest BCUT2D eigenvalue weighted by Gasteiger charge is 2.24. The van der Waals surface area contributed by atoms with Gasteiger partial charge >= 0.3 is 0 Å². The van der Waals surface area contributed by atoms with Gasteiger partial charge in [0, 0.05) is 39.7 Å². The van der Waals surface area contributed by atoms with E-state index in [-0.39, 0.29) is 11.5 Å². The van der Waals surface area contributed by atoms with E-state index < -0.39 is 4.92 Å². The second-order valence-electron chi connectivity index (χ2n) is 9.08. The minimum Gasteiger partial charge on any atom is -0.497 e. The molecule has 6 aromatic rings. The van der Waals surface area contributed by atoms with E-state index in [2.05, 4.69) is 4.57 Å². The minimum atomic E-state index is -0.415. The van der Waals surface area contributed by atoms with Crippen LogP contribution in [0.25, 0.3) is 49.7 Å². The third-order valence-corrected chi connectivity index (χ3v) is 7.00. The van der Waals surface area contributed by atoms with Crippen LogP contribution in [0.2, 0.25) is 0 Å². The molecule has 0 amide bonds. The number of hydrogen-bond acceptors (Lipinski definition) is 4. The van der Waals surface area contributed by atoms with Gasteiger partial charge in [0.15, 0.2) is 0 Å². The second kappa shape index (κ2) is 9.61. The highest BCUT2D eigenvalue weighted by molar-refractivity contribution is 6.10. The van der Waals surface area contributed by atoms with Gasteiger partial charge in [-0.2, -0.15) is 0 Å². The van der Waals surface area contributed by atoms with E-state index in [4.69, 9.17) is 9.47 Å². The van der Waals surface area contributed by atoms with Gasteiger partial charge in [0.1, 0.15) is 17.3 Å². The summed E-state index contributed by atoms with van der Waals surface area (Å²) < 4.78 is 28.0. The lowest BCUT2D eigenvalue weighted by Gasteiger charge is -2.16. The van der Waals surface area contributed by atoms with Gasteiger partial charge in [0.2, 0.25) is 0 Å². The van der Waals surface area contributed by atoms with Crippen molar-refractivity contribution in [1.29, 1.82) is 0 Å². The molecule has 0 saturated heterocycles. The maximum Gasteiger partial charge on any atom is 0.269 e. The Morgan fingerprint density at radius 1 is 0.744 bits per heavy atom. The number of benzene rings is 5. The summed E-state index contributed by atoms with van der Waals surface area (Å²) in [6, 6.07) is 30.7. The average Bonchev–Trinajstić information content (AvgIpc) is 3.31. The lowest BCUT2D eigenvalue weighted by atomic mass is 9.94. The molecule has 0 aliphatic rings. The Labute approximate surface area is 223 Å². The summed E-state index contributed by atoms with van der Waals surface area (Å²) in [7, 11) is 3.23. The Hall–Kier alpha value is -5.17. The predicted molar refractivity (Wildman–Crippen MR) is 151 cm³/mol. The Morgan fingerprint density at radius 3 is 2.08 bits per heavy atom. The monoisotopic (exact) mass is 518 g/mol. The number of hydrogen-bond donors (Lipinski definition) is 0. The van der Waals surface area contributed by atoms with Crippen molar-refractivity contribution in [1.82, 2.24) is 4.57 Å². The van der Waals surface area contributed by atoms with E-state index in [9.17, 15) is 14.5 Å². The lowest BCUT2D eigenvalue weighted by molar-refractivity contribution is -0.384. The van der Waals surface area contributed by atoms with E-state index in [1.807, 2.05) is 60.7 Å². The summed E-state index contributed by atoms with van der Waals surface area (Å²) in [5.74, 6) is 1.09. The third-order valence-electron chi connectivity index (χ3n) is 7.00. The number of nitro groups is 1. The first-order chi connectivity index (χ1) is 19.0. The molecule has 0 aliphatic carbocycles. The molecule has 0 bridgehead atoms. The van der Waals surface area contributed by atoms with Gasteiger partial charge in [-0.3, -0.25) is 10.1 Å². The number of fused-ring (bicyclic) bond motifs is 2. The zero-order valence-electron chi connectivity index (χ0n) is 21.2. The van der Waals surface area contributed by atoms with Gasteiger partial charge in [-0.05, 0) is 77.7 Å². The van der Waals surface area contributed by atoms with E-state index in [1.165, 1.54) is 18.2 Å². The molecular formula is C32H23FN2O4. The van der Waals surface area contributed by atoms with Crippen LogP contribution in [0.15, 0.2) is 103 Å². The van der Waals surface area contributed by atoms with Crippen LogP contribution < -0.4 is 9.47 Å². The molecule has 6 nitrogen and oxygen atoms in total. The van der Waals surface area contributed by atoms with Gasteiger partial charge in [-0.1, -0.05) is 24.3 Å². The van der Waals surface area contributed by atoms with Crippen LogP contribution in [0.4, 0.5) is 10.1 Å². The molecule has 0 N–H and O–H groups in total. The highest BCUT2D eigenvalue weighted by atomic mass is 19.1. The summed E-state index contributed by atoms with van der Waals surface area (Å²) in [6.07, 6.45) is 0. The first kappa shape index (κ1) is 24.2. The van der Waals surface area contributed by atoms with E-state index in [1.54, 1.807) is 38.5 Å². The molecule has 192 valence electrons. The Bertz CT molecular complexity index is 1860. The van der Waals surface area contributed by atoms with E-state index >= 15 is 0 Å². The molecule has 0 spiro atoms. The number of ether oxygens (including phenoxy) is 2. The van der Waals surface area contributed by atoms with E-state index in [0.717, 1.165) is 50.1 Å². The van der Waals surface area contributed by atoms with Crippen LogP contribution in [-0.4, -0.2) is 23.7 Å². The number of nitrogens with zero attached hydrogens (tertiary/aromatic N) is 2. The molecule has 1 heterocycles. The van der Waals surface area contributed by atoms with Crippen molar-refractivity contribution in [2.45, 2.75) is 0 Å². The van der Waals surface area contributed by atoms with Crippen LogP contribution >= 0.6 is 0 Å². The van der Waals surface area contributed by atoms with E-state index in [0.29, 0.717) is 11.1 Å². The summed E-state index contributed by atoms with van der Waals surface area (Å²) in [5.41, 5.74) is 5.07. The smallest absolute Gasteiger partial charge is 0.269 e. The van der Waals surface area contributed by atoms with Crippen molar-refractivity contribution in [3.8, 4) is 39.6 Å². The number of rotatable bonds is 6. The maximum atomic E-state index is 14.9. The fourth-order valence-electron chi connectivity index (χ4n) is 5.16. The van der Waals surface area contributed by atoms with Crippen LogP contribution in [0.3, 0.4) is 0 Å². The lowest BCUT2D eigenvalue weighted by Crippen LogP contribution is -1.99. The van der Waals surface area contributed by atoms with Crippen molar-refractivity contribution in [3.63, 3.8) is 0 Å². The number of halogens is 1.